The van der Waals surface area contributed by atoms with Gasteiger partial charge in [-0.05, 0) is 45.4 Å². The fourth-order valence-corrected chi connectivity index (χ4v) is 2.18. The second kappa shape index (κ2) is 18.7. The zero-order valence-electron chi connectivity index (χ0n) is 16.0. The lowest BCUT2D eigenvalue weighted by Crippen LogP contribution is -2.02. The summed E-state index contributed by atoms with van der Waals surface area (Å²) < 4.78 is 4.87. The van der Waals surface area contributed by atoms with Crippen LogP contribution in [0.5, 0.6) is 0 Å². The van der Waals surface area contributed by atoms with Gasteiger partial charge in [0, 0.05) is 6.42 Å². The van der Waals surface area contributed by atoms with Gasteiger partial charge in [0.15, 0.2) is 0 Å². The summed E-state index contributed by atoms with van der Waals surface area (Å²) in [5.74, 6) is -0.138. The lowest BCUT2D eigenvalue weighted by atomic mass is 10.2. The third-order valence-electron chi connectivity index (χ3n) is 3.59. The van der Waals surface area contributed by atoms with E-state index in [4.69, 9.17) is 4.74 Å². The first-order valence-corrected chi connectivity index (χ1v) is 9.67. The van der Waals surface area contributed by atoms with Crippen molar-refractivity contribution in [2.24, 2.45) is 0 Å². The van der Waals surface area contributed by atoms with Crippen LogP contribution < -0.4 is 0 Å². The molecule has 0 amide bonds. The Hall–Kier alpha value is -1.61. The maximum Gasteiger partial charge on any atom is 0.305 e. The molecule has 0 heterocycles. The number of aliphatic hydroxyl groups excluding tert-OH is 1. The fourth-order valence-electron chi connectivity index (χ4n) is 2.18. The first-order chi connectivity index (χ1) is 12.2. The molecule has 0 saturated heterocycles. The van der Waals surface area contributed by atoms with Crippen LogP contribution in [0.3, 0.4) is 0 Å². The van der Waals surface area contributed by atoms with Gasteiger partial charge in [0.2, 0.25) is 0 Å². The second-order valence-corrected chi connectivity index (χ2v) is 5.99. The first-order valence-electron chi connectivity index (χ1n) is 9.67. The summed E-state index contributed by atoms with van der Waals surface area (Å²) in [6, 6.07) is 0. The highest BCUT2D eigenvalue weighted by atomic mass is 16.5. The Balaban J connectivity index is 3.65. The molecule has 3 heteroatoms. The molecule has 0 aliphatic carbocycles. The van der Waals surface area contributed by atoms with E-state index in [1.165, 1.54) is 25.7 Å². The average Bonchev–Trinajstić information content (AvgIpc) is 2.60. The molecule has 1 atom stereocenters. The van der Waals surface area contributed by atoms with Crippen molar-refractivity contribution in [2.45, 2.75) is 77.7 Å². The van der Waals surface area contributed by atoms with Crippen LogP contribution in [0.25, 0.3) is 0 Å². The number of hydrogen-bond donors (Lipinski definition) is 1. The number of allylic oxidation sites excluding steroid dienone is 6. The Morgan fingerprint density at radius 2 is 1.72 bits per heavy atom. The summed E-state index contributed by atoms with van der Waals surface area (Å²) >= 11 is 0. The van der Waals surface area contributed by atoms with Gasteiger partial charge < -0.3 is 9.84 Å². The number of aliphatic hydroxyl groups is 1. The van der Waals surface area contributed by atoms with Gasteiger partial charge >= 0.3 is 5.97 Å². The summed E-state index contributed by atoms with van der Waals surface area (Å²) in [4.78, 5) is 11.1. The smallest absolute Gasteiger partial charge is 0.305 e. The lowest BCUT2D eigenvalue weighted by molar-refractivity contribution is -0.143. The van der Waals surface area contributed by atoms with Gasteiger partial charge in [-0.15, -0.1) is 0 Å². The van der Waals surface area contributed by atoms with E-state index in [0.29, 0.717) is 19.4 Å². The third-order valence-corrected chi connectivity index (χ3v) is 3.59. The van der Waals surface area contributed by atoms with Crippen LogP contribution in [-0.2, 0) is 9.53 Å². The van der Waals surface area contributed by atoms with Crippen molar-refractivity contribution in [1.29, 1.82) is 0 Å². The Labute approximate surface area is 154 Å². The predicted molar refractivity (Wildman–Crippen MR) is 106 cm³/mol. The maximum absolute atomic E-state index is 11.1. The van der Waals surface area contributed by atoms with E-state index < -0.39 is 6.10 Å². The summed E-state index contributed by atoms with van der Waals surface area (Å²) in [7, 11) is 0. The molecule has 0 rings (SSSR count). The van der Waals surface area contributed by atoms with E-state index in [0.717, 1.165) is 19.3 Å². The Kier molecular flexibility index (Phi) is 17.5. The van der Waals surface area contributed by atoms with E-state index in [9.17, 15) is 9.90 Å². The molecule has 1 unspecified atom stereocenters. The van der Waals surface area contributed by atoms with Crippen molar-refractivity contribution in [2.75, 3.05) is 6.61 Å². The van der Waals surface area contributed by atoms with Crippen LogP contribution in [0.4, 0.5) is 0 Å². The number of unbranched alkanes of at least 4 members (excludes halogenated alkanes) is 4. The zero-order chi connectivity index (χ0) is 18.6. The number of carbonyl (C=O) groups excluding carboxylic acids is 1. The lowest BCUT2D eigenvalue weighted by Gasteiger charge is -2.00. The monoisotopic (exact) mass is 348 g/mol. The van der Waals surface area contributed by atoms with Crippen molar-refractivity contribution in [3.05, 3.63) is 48.6 Å². The minimum Gasteiger partial charge on any atom is -0.466 e. The summed E-state index contributed by atoms with van der Waals surface area (Å²) in [6.07, 6.45) is 24.3. The largest absolute Gasteiger partial charge is 0.466 e. The highest BCUT2D eigenvalue weighted by Gasteiger charge is 1.99. The molecule has 0 aromatic rings. The topological polar surface area (TPSA) is 46.5 Å². The van der Waals surface area contributed by atoms with Gasteiger partial charge in [0.1, 0.15) is 0 Å². The van der Waals surface area contributed by atoms with E-state index in [1.807, 2.05) is 31.2 Å². The van der Waals surface area contributed by atoms with E-state index in [2.05, 4.69) is 25.2 Å². The number of ether oxygens (including phenoxy) is 1. The highest BCUT2D eigenvalue weighted by molar-refractivity contribution is 5.69. The molecular weight excluding hydrogens is 312 g/mol. The van der Waals surface area contributed by atoms with Crippen molar-refractivity contribution >= 4 is 5.97 Å². The van der Waals surface area contributed by atoms with Gasteiger partial charge in [-0.1, -0.05) is 68.4 Å². The van der Waals surface area contributed by atoms with E-state index in [1.54, 1.807) is 6.08 Å². The predicted octanol–water partition coefficient (Wildman–Crippen LogP) is 5.67. The number of rotatable bonds is 15. The molecule has 0 aromatic heterocycles. The second-order valence-electron chi connectivity index (χ2n) is 5.99. The number of hydrogen-bond acceptors (Lipinski definition) is 3. The van der Waals surface area contributed by atoms with Crippen molar-refractivity contribution in [3.8, 4) is 0 Å². The number of carbonyl (C=O) groups is 1. The minimum atomic E-state index is -0.462. The van der Waals surface area contributed by atoms with Crippen LogP contribution in [0.15, 0.2) is 48.6 Å². The summed E-state index contributed by atoms with van der Waals surface area (Å²) in [6.45, 7) is 4.47. The molecular formula is C22H36O3. The van der Waals surface area contributed by atoms with Crippen LogP contribution in [0.1, 0.15) is 71.6 Å². The quantitative estimate of drug-likeness (QED) is 0.180. The summed E-state index contributed by atoms with van der Waals surface area (Å²) in [5.41, 5.74) is 0. The van der Waals surface area contributed by atoms with Crippen LogP contribution in [0, 0.1) is 0 Å². The molecule has 0 bridgehead atoms. The van der Waals surface area contributed by atoms with Crippen molar-refractivity contribution in [3.63, 3.8) is 0 Å². The van der Waals surface area contributed by atoms with E-state index >= 15 is 0 Å². The van der Waals surface area contributed by atoms with E-state index in [-0.39, 0.29) is 5.97 Å². The SMILES string of the molecule is CCCCCC=CCC=CC=CC(O)CC=CCCCC(=O)OCC. The average molecular weight is 349 g/mol. The van der Waals surface area contributed by atoms with Gasteiger partial charge in [-0.2, -0.15) is 0 Å². The molecule has 0 fully saturated rings. The van der Waals surface area contributed by atoms with Crippen molar-refractivity contribution in [1.82, 2.24) is 0 Å². The molecule has 0 radical (unpaired) electrons. The van der Waals surface area contributed by atoms with Gasteiger partial charge in [0.25, 0.3) is 0 Å². The highest BCUT2D eigenvalue weighted by Crippen LogP contribution is 2.03. The third kappa shape index (κ3) is 18.6. The van der Waals surface area contributed by atoms with Crippen LogP contribution in [0.2, 0.25) is 0 Å². The summed E-state index contributed by atoms with van der Waals surface area (Å²) in [5, 5.41) is 9.83. The minimum absolute atomic E-state index is 0.138. The molecule has 0 spiro atoms. The van der Waals surface area contributed by atoms with Crippen LogP contribution >= 0.6 is 0 Å². The Morgan fingerprint density at radius 1 is 0.960 bits per heavy atom. The zero-order valence-corrected chi connectivity index (χ0v) is 16.0. The Morgan fingerprint density at radius 3 is 2.48 bits per heavy atom. The molecule has 0 saturated carbocycles. The molecule has 0 aliphatic rings. The molecule has 0 aliphatic heterocycles. The van der Waals surface area contributed by atoms with Gasteiger partial charge in [-0.3, -0.25) is 4.79 Å². The fraction of sp³-hybridized carbons (Fsp3) is 0.591. The van der Waals surface area contributed by atoms with Crippen LogP contribution in [-0.4, -0.2) is 23.8 Å². The molecule has 25 heavy (non-hydrogen) atoms. The number of esters is 1. The molecule has 0 aromatic carbocycles. The molecule has 142 valence electrons. The maximum atomic E-state index is 11.1. The van der Waals surface area contributed by atoms with Gasteiger partial charge in [0.05, 0.1) is 12.7 Å². The normalized spacial score (nSPS) is 13.6. The standard InChI is InChI=1S/C22H36O3/c1-3-5-6-7-8-9-10-11-12-15-18-21(23)19-16-13-14-17-20-22(24)25-4-2/h8-9,11-13,15-16,18,21,23H,3-7,10,14,17,19-20H2,1-2H3. The first kappa shape index (κ1) is 23.4. The molecule has 3 nitrogen and oxygen atoms in total. The molecule has 1 N–H and O–H groups in total. The Bertz CT molecular complexity index is 419. The van der Waals surface area contributed by atoms with Crippen molar-refractivity contribution < 1.29 is 14.6 Å². The van der Waals surface area contributed by atoms with Gasteiger partial charge in [-0.25, -0.2) is 0 Å².